The second-order valence-electron chi connectivity index (χ2n) is 4.16. The van der Waals surface area contributed by atoms with Gasteiger partial charge in [0.2, 0.25) is 5.91 Å². The van der Waals surface area contributed by atoms with E-state index < -0.39 is 15.9 Å². The van der Waals surface area contributed by atoms with Gasteiger partial charge in [0.1, 0.15) is 9.96 Å². The summed E-state index contributed by atoms with van der Waals surface area (Å²) in [6.45, 7) is -0.343. The predicted octanol–water partition coefficient (Wildman–Crippen LogP) is 2.44. The van der Waals surface area contributed by atoms with Gasteiger partial charge in [-0.25, -0.2) is 13.1 Å². The first-order valence-electron chi connectivity index (χ1n) is 6.09. The summed E-state index contributed by atoms with van der Waals surface area (Å²) >= 11 is 4.27. The van der Waals surface area contributed by atoms with Gasteiger partial charge in [-0.1, -0.05) is 0 Å². The molecule has 0 aliphatic carbocycles. The van der Waals surface area contributed by atoms with Crippen LogP contribution >= 0.6 is 27.3 Å². The first kappa shape index (κ1) is 16.9. The van der Waals surface area contributed by atoms with Gasteiger partial charge in [-0.05, 0) is 52.3 Å². The largest absolute Gasteiger partial charge is 0.497 e. The van der Waals surface area contributed by atoms with Crippen molar-refractivity contribution in [1.29, 1.82) is 0 Å². The fourth-order valence-electron chi connectivity index (χ4n) is 1.55. The number of sulfonamides is 1. The molecule has 1 heterocycles. The summed E-state index contributed by atoms with van der Waals surface area (Å²) in [5, 5.41) is 2.60. The molecule has 0 unspecified atom stereocenters. The van der Waals surface area contributed by atoms with E-state index in [1.165, 1.54) is 6.07 Å². The summed E-state index contributed by atoms with van der Waals surface area (Å²) in [6, 6.07) is 9.84. The van der Waals surface area contributed by atoms with Crippen LogP contribution in [0.1, 0.15) is 0 Å². The first-order chi connectivity index (χ1) is 10.4. The van der Waals surface area contributed by atoms with Crippen molar-refractivity contribution < 1.29 is 17.9 Å². The number of amides is 1. The van der Waals surface area contributed by atoms with Gasteiger partial charge < -0.3 is 10.1 Å². The van der Waals surface area contributed by atoms with Crippen LogP contribution in [0.5, 0.6) is 5.75 Å². The third-order valence-electron chi connectivity index (χ3n) is 2.61. The number of nitrogens with one attached hydrogen (secondary N) is 2. The number of thiophene rings is 1. The molecule has 0 aliphatic heterocycles. The number of halogens is 1. The molecule has 0 bridgehead atoms. The number of rotatable bonds is 6. The molecule has 0 spiro atoms. The van der Waals surface area contributed by atoms with Gasteiger partial charge in [-0.2, -0.15) is 0 Å². The topological polar surface area (TPSA) is 84.5 Å². The Morgan fingerprint density at radius 2 is 1.91 bits per heavy atom. The van der Waals surface area contributed by atoms with Crippen molar-refractivity contribution >= 4 is 48.9 Å². The molecule has 0 radical (unpaired) electrons. The summed E-state index contributed by atoms with van der Waals surface area (Å²) < 4.78 is 32.1. The standard InChI is InChI=1S/C13H13BrN2O4S2/c1-20-10-4-2-9(3-5-10)16-12(17)8-15-22(18,19)13-7-6-11(14)21-13/h2-7,15H,8H2,1H3,(H,16,17). The highest BCUT2D eigenvalue weighted by Crippen LogP contribution is 2.25. The summed E-state index contributed by atoms with van der Waals surface area (Å²) in [4.78, 5) is 11.8. The zero-order valence-electron chi connectivity index (χ0n) is 11.5. The van der Waals surface area contributed by atoms with Crippen LogP contribution in [0.3, 0.4) is 0 Å². The summed E-state index contributed by atoms with van der Waals surface area (Å²) in [6.07, 6.45) is 0. The molecule has 22 heavy (non-hydrogen) atoms. The lowest BCUT2D eigenvalue weighted by molar-refractivity contribution is -0.115. The van der Waals surface area contributed by atoms with E-state index in [0.29, 0.717) is 15.2 Å². The average Bonchev–Trinajstić information content (AvgIpc) is 2.94. The Hall–Kier alpha value is -1.42. The van der Waals surface area contributed by atoms with Crippen LogP contribution < -0.4 is 14.8 Å². The molecule has 9 heteroatoms. The number of carbonyl (C=O) groups is 1. The molecule has 0 atom stereocenters. The number of carbonyl (C=O) groups excluding carboxylic acids is 1. The summed E-state index contributed by atoms with van der Waals surface area (Å²) in [7, 11) is -2.13. The maximum absolute atomic E-state index is 12.0. The van der Waals surface area contributed by atoms with Crippen molar-refractivity contribution in [3.05, 3.63) is 40.2 Å². The van der Waals surface area contributed by atoms with Gasteiger partial charge in [0.05, 0.1) is 17.4 Å². The minimum atomic E-state index is -3.68. The van der Waals surface area contributed by atoms with Crippen LogP contribution in [0.4, 0.5) is 5.69 Å². The van der Waals surface area contributed by atoms with Crippen molar-refractivity contribution in [3.8, 4) is 5.75 Å². The smallest absolute Gasteiger partial charge is 0.250 e. The quantitative estimate of drug-likeness (QED) is 0.773. The third-order valence-corrected chi connectivity index (χ3v) is 6.13. The van der Waals surface area contributed by atoms with Crippen LogP contribution in [0.25, 0.3) is 0 Å². The average molecular weight is 405 g/mol. The molecule has 0 saturated carbocycles. The van der Waals surface area contributed by atoms with Gasteiger partial charge in [-0.3, -0.25) is 4.79 Å². The molecule has 0 aliphatic rings. The van der Waals surface area contributed by atoms with Crippen molar-refractivity contribution in [2.45, 2.75) is 4.21 Å². The van der Waals surface area contributed by atoms with Gasteiger partial charge in [-0.15, -0.1) is 11.3 Å². The Balaban J connectivity index is 1.92. The predicted molar refractivity (Wildman–Crippen MR) is 88.8 cm³/mol. The molecule has 6 nitrogen and oxygen atoms in total. The van der Waals surface area contributed by atoms with Gasteiger partial charge in [0.25, 0.3) is 10.0 Å². The van der Waals surface area contributed by atoms with Gasteiger partial charge in [0, 0.05) is 5.69 Å². The normalized spacial score (nSPS) is 11.2. The Bertz CT molecular complexity index is 757. The van der Waals surface area contributed by atoms with Crippen molar-refractivity contribution in [2.75, 3.05) is 19.0 Å². The number of methoxy groups -OCH3 is 1. The third kappa shape index (κ3) is 4.54. The minimum absolute atomic E-state index is 0.150. The highest BCUT2D eigenvalue weighted by Gasteiger charge is 2.17. The Kier molecular flexibility index (Phi) is 5.57. The number of anilines is 1. The molecule has 2 aromatic rings. The van der Waals surface area contributed by atoms with Crippen LogP contribution in [0.2, 0.25) is 0 Å². The van der Waals surface area contributed by atoms with E-state index in [4.69, 9.17) is 4.74 Å². The number of ether oxygens (including phenoxy) is 1. The molecule has 2 rings (SSSR count). The number of hydrogen-bond acceptors (Lipinski definition) is 5. The second kappa shape index (κ2) is 7.23. The van der Waals surface area contributed by atoms with E-state index in [1.54, 1.807) is 37.4 Å². The highest BCUT2D eigenvalue weighted by molar-refractivity contribution is 9.11. The van der Waals surface area contributed by atoms with Crippen LogP contribution in [-0.2, 0) is 14.8 Å². The van der Waals surface area contributed by atoms with Crippen LogP contribution in [-0.4, -0.2) is 28.0 Å². The zero-order valence-corrected chi connectivity index (χ0v) is 14.7. The molecule has 1 aromatic heterocycles. The zero-order chi connectivity index (χ0) is 16.2. The Morgan fingerprint density at radius 1 is 1.23 bits per heavy atom. The molecule has 1 aromatic carbocycles. The molecule has 1 amide bonds. The van der Waals surface area contributed by atoms with E-state index in [2.05, 4.69) is 26.0 Å². The second-order valence-corrected chi connectivity index (χ2v) is 8.62. The van der Waals surface area contributed by atoms with E-state index in [1.807, 2.05) is 0 Å². The van der Waals surface area contributed by atoms with Gasteiger partial charge >= 0.3 is 0 Å². The van der Waals surface area contributed by atoms with E-state index >= 15 is 0 Å². The lowest BCUT2D eigenvalue weighted by Gasteiger charge is -2.07. The van der Waals surface area contributed by atoms with E-state index in [-0.39, 0.29) is 10.8 Å². The molecule has 2 N–H and O–H groups in total. The number of benzene rings is 1. The maximum atomic E-state index is 12.0. The SMILES string of the molecule is COc1ccc(NC(=O)CNS(=O)(=O)c2ccc(Br)s2)cc1. The van der Waals surface area contributed by atoms with Crippen LogP contribution in [0.15, 0.2) is 44.4 Å². The van der Waals surface area contributed by atoms with Crippen LogP contribution in [0, 0.1) is 0 Å². The lowest BCUT2D eigenvalue weighted by atomic mass is 10.3. The minimum Gasteiger partial charge on any atom is -0.497 e. The molecular formula is C13H13BrN2O4S2. The highest BCUT2D eigenvalue weighted by atomic mass is 79.9. The van der Waals surface area contributed by atoms with E-state index in [9.17, 15) is 13.2 Å². The Morgan fingerprint density at radius 3 is 2.45 bits per heavy atom. The van der Waals surface area contributed by atoms with Gasteiger partial charge in [0.15, 0.2) is 0 Å². The molecule has 118 valence electrons. The summed E-state index contributed by atoms with van der Waals surface area (Å²) in [5.41, 5.74) is 0.559. The van der Waals surface area contributed by atoms with Crippen molar-refractivity contribution in [2.24, 2.45) is 0 Å². The molecular weight excluding hydrogens is 392 g/mol. The first-order valence-corrected chi connectivity index (χ1v) is 9.19. The maximum Gasteiger partial charge on any atom is 0.250 e. The Labute approximate surface area is 140 Å². The van der Waals surface area contributed by atoms with Crippen molar-refractivity contribution in [3.63, 3.8) is 0 Å². The summed E-state index contributed by atoms with van der Waals surface area (Å²) in [5.74, 6) is 0.214. The molecule has 0 fully saturated rings. The number of hydrogen-bond donors (Lipinski definition) is 2. The van der Waals surface area contributed by atoms with E-state index in [0.717, 1.165) is 11.3 Å². The fraction of sp³-hybridized carbons (Fsp3) is 0.154. The lowest BCUT2D eigenvalue weighted by Crippen LogP contribution is -2.32. The fourth-order valence-corrected chi connectivity index (χ4v) is 4.59. The monoisotopic (exact) mass is 404 g/mol. The van der Waals surface area contributed by atoms with Crippen molar-refractivity contribution in [1.82, 2.24) is 4.72 Å². The molecule has 0 saturated heterocycles.